The van der Waals surface area contributed by atoms with Gasteiger partial charge in [-0.1, -0.05) is 6.08 Å². The molecule has 0 radical (unpaired) electrons. The number of aryl methyl sites for hydroxylation is 1. The van der Waals surface area contributed by atoms with E-state index in [9.17, 15) is 9.18 Å². The predicted molar refractivity (Wildman–Crippen MR) is 110 cm³/mol. The zero-order valence-corrected chi connectivity index (χ0v) is 16.8. The van der Waals surface area contributed by atoms with Gasteiger partial charge in [-0.05, 0) is 81.7 Å². The smallest absolute Gasteiger partial charge is 0.268 e. The summed E-state index contributed by atoms with van der Waals surface area (Å²) in [5, 5.41) is 0. The Morgan fingerprint density at radius 2 is 2.04 bits per heavy atom. The SMILES string of the molecule is C=CCN(C(=O)C(C)Oc1ccc(F)c(C)c1)C1=NC2=C(CCCC2)CCC1. The van der Waals surface area contributed by atoms with E-state index >= 15 is 0 Å². The molecule has 1 atom stereocenters. The third-order valence-electron chi connectivity index (χ3n) is 5.37. The summed E-state index contributed by atoms with van der Waals surface area (Å²) < 4.78 is 19.3. The Hall–Kier alpha value is -2.43. The fraction of sp³-hybridized carbons (Fsp3) is 0.478. The summed E-state index contributed by atoms with van der Waals surface area (Å²) >= 11 is 0. The van der Waals surface area contributed by atoms with Gasteiger partial charge in [-0.25, -0.2) is 9.38 Å². The highest BCUT2D eigenvalue weighted by Crippen LogP contribution is 2.32. The Morgan fingerprint density at radius 3 is 2.79 bits per heavy atom. The van der Waals surface area contributed by atoms with Gasteiger partial charge in [0.1, 0.15) is 17.4 Å². The molecule has 0 spiro atoms. The Kier molecular flexibility index (Phi) is 6.65. The fourth-order valence-corrected chi connectivity index (χ4v) is 3.84. The minimum atomic E-state index is -0.699. The molecule has 1 aliphatic carbocycles. The average molecular weight is 384 g/mol. The molecule has 0 saturated carbocycles. The molecule has 4 nitrogen and oxygen atoms in total. The minimum absolute atomic E-state index is 0.152. The van der Waals surface area contributed by atoms with Gasteiger partial charge < -0.3 is 4.74 Å². The molecule has 0 saturated heterocycles. The summed E-state index contributed by atoms with van der Waals surface area (Å²) in [4.78, 5) is 19.7. The first-order chi connectivity index (χ1) is 13.5. The second kappa shape index (κ2) is 9.18. The number of nitrogens with zero attached hydrogens (tertiary/aromatic N) is 2. The van der Waals surface area contributed by atoms with Crippen molar-refractivity contribution in [1.82, 2.24) is 4.90 Å². The summed E-state index contributed by atoms with van der Waals surface area (Å²) in [6.07, 6.45) is 8.39. The van der Waals surface area contributed by atoms with Crippen LogP contribution in [-0.4, -0.2) is 29.3 Å². The van der Waals surface area contributed by atoms with Crippen molar-refractivity contribution in [3.8, 4) is 5.75 Å². The third-order valence-corrected chi connectivity index (χ3v) is 5.37. The van der Waals surface area contributed by atoms with Crippen molar-refractivity contribution in [3.05, 3.63) is 53.5 Å². The van der Waals surface area contributed by atoms with E-state index in [1.54, 1.807) is 37.0 Å². The molecular formula is C23H29FN2O2. The molecule has 5 heteroatoms. The number of ether oxygens (including phenoxy) is 1. The number of benzene rings is 1. The molecule has 28 heavy (non-hydrogen) atoms. The van der Waals surface area contributed by atoms with Crippen LogP contribution in [0.25, 0.3) is 0 Å². The summed E-state index contributed by atoms with van der Waals surface area (Å²) in [5.41, 5.74) is 3.12. The Bertz CT molecular complexity index is 813. The normalized spacial score (nSPS) is 17.9. The Morgan fingerprint density at radius 1 is 1.29 bits per heavy atom. The van der Waals surface area contributed by atoms with Crippen molar-refractivity contribution in [3.63, 3.8) is 0 Å². The van der Waals surface area contributed by atoms with Crippen molar-refractivity contribution in [2.45, 2.75) is 64.9 Å². The number of carbonyl (C=O) groups excluding carboxylic acids is 1. The van der Waals surface area contributed by atoms with Crippen LogP contribution in [0, 0.1) is 12.7 Å². The van der Waals surface area contributed by atoms with Crippen LogP contribution in [0.1, 0.15) is 57.4 Å². The molecule has 0 aromatic heterocycles. The average Bonchev–Trinajstić information content (AvgIpc) is 2.90. The second-order valence-corrected chi connectivity index (χ2v) is 7.55. The zero-order valence-electron chi connectivity index (χ0n) is 16.8. The minimum Gasteiger partial charge on any atom is -0.481 e. The van der Waals surface area contributed by atoms with Gasteiger partial charge in [-0.2, -0.15) is 0 Å². The topological polar surface area (TPSA) is 41.9 Å². The molecule has 1 aromatic rings. The van der Waals surface area contributed by atoms with Crippen LogP contribution in [0.5, 0.6) is 5.75 Å². The lowest BCUT2D eigenvalue weighted by Crippen LogP contribution is -2.44. The number of rotatable bonds is 5. The number of amides is 1. The molecule has 1 amide bonds. The van der Waals surface area contributed by atoms with Crippen LogP contribution < -0.4 is 4.74 Å². The van der Waals surface area contributed by atoms with Gasteiger partial charge in [0.15, 0.2) is 6.10 Å². The summed E-state index contributed by atoms with van der Waals surface area (Å²) in [7, 11) is 0. The molecule has 3 rings (SSSR count). The molecule has 1 aliphatic heterocycles. The van der Waals surface area contributed by atoms with E-state index in [4.69, 9.17) is 9.73 Å². The summed E-state index contributed by atoms with van der Waals surface area (Å²) in [6.45, 7) is 7.60. The lowest BCUT2D eigenvalue weighted by Gasteiger charge is -2.26. The van der Waals surface area contributed by atoms with E-state index < -0.39 is 6.10 Å². The van der Waals surface area contributed by atoms with Crippen molar-refractivity contribution < 1.29 is 13.9 Å². The molecule has 0 N–H and O–H groups in total. The van der Waals surface area contributed by atoms with E-state index in [2.05, 4.69) is 6.58 Å². The van der Waals surface area contributed by atoms with Crippen molar-refractivity contribution in [1.29, 1.82) is 0 Å². The molecule has 2 aliphatic rings. The van der Waals surface area contributed by atoms with Gasteiger partial charge in [-0.15, -0.1) is 6.58 Å². The Labute approximate surface area is 166 Å². The maximum absolute atomic E-state index is 13.5. The third kappa shape index (κ3) is 4.70. The highest BCUT2D eigenvalue weighted by Gasteiger charge is 2.27. The number of allylic oxidation sites excluding steroid dienone is 2. The number of amidine groups is 1. The lowest BCUT2D eigenvalue weighted by molar-refractivity contribution is -0.133. The van der Waals surface area contributed by atoms with E-state index in [0.29, 0.717) is 17.9 Å². The summed E-state index contributed by atoms with van der Waals surface area (Å²) in [6, 6.07) is 4.52. The van der Waals surface area contributed by atoms with Crippen LogP contribution in [0.15, 0.2) is 47.1 Å². The monoisotopic (exact) mass is 384 g/mol. The lowest BCUT2D eigenvalue weighted by atomic mass is 9.93. The molecular weight excluding hydrogens is 355 g/mol. The van der Waals surface area contributed by atoms with Gasteiger partial charge in [0.05, 0.1) is 0 Å². The summed E-state index contributed by atoms with van der Waals surface area (Å²) in [5.74, 6) is 0.852. The first-order valence-corrected chi connectivity index (χ1v) is 10.1. The number of aliphatic imine (C=N–C) groups is 1. The van der Waals surface area contributed by atoms with Gasteiger partial charge in [-0.3, -0.25) is 9.69 Å². The number of carbonyl (C=O) groups is 1. The standard InChI is InChI=1S/C23H29FN2O2/c1-4-14-26(22-11-7-9-18-8-5-6-10-21(18)25-22)23(27)17(3)28-19-12-13-20(24)16(2)15-19/h4,12-13,15,17H,1,5-11,14H2,2-3H3. The van der Waals surface area contributed by atoms with Gasteiger partial charge in [0.2, 0.25) is 0 Å². The van der Waals surface area contributed by atoms with E-state index in [-0.39, 0.29) is 11.7 Å². The highest BCUT2D eigenvalue weighted by atomic mass is 19.1. The maximum Gasteiger partial charge on any atom is 0.268 e. The zero-order chi connectivity index (χ0) is 20.1. The van der Waals surface area contributed by atoms with E-state index in [1.165, 1.54) is 23.8 Å². The molecule has 0 bridgehead atoms. The molecule has 150 valence electrons. The van der Waals surface area contributed by atoms with Crippen LogP contribution in [0.3, 0.4) is 0 Å². The van der Waals surface area contributed by atoms with Crippen molar-refractivity contribution in [2.24, 2.45) is 4.99 Å². The van der Waals surface area contributed by atoms with E-state index in [0.717, 1.165) is 44.4 Å². The largest absolute Gasteiger partial charge is 0.481 e. The fourth-order valence-electron chi connectivity index (χ4n) is 3.84. The molecule has 0 fully saturated rings. The molecule has 1 unspecified atom stereocenters. The van der Waals surface area contributed by atoms with Crippen LogP contribution in [0.4, 0.5) is 4.39 Å². The number of hydrogen-bond donors (Lipinski definition) is 0. The van der Waals surface area contributed by atoms with Gasteiger partial charge in [0.25, 0.3) is 5.91 Å². The van der Waals surface area contributed by atoms with E-state index in [1.807, 2.05) is 0 Å². The predicted octanol–water partition coefficient (Wildman–Crippen LogP) is 5.33. The van der Waals surface area contributed by atoms with Crippen LogP contribution in [-0.2, 0) is 4.79 Å². The van der Waals surface area contributed by atoms with Crippen molar-refractivity contribution >= 4 is 11.7 Å². The number of hydrogen-bond acceptors (Lipinski definition) is 3. The quantitative estimate of drug-likeness (QED) is 0.644. The first kappa shape index (κ1) is 20.3. The molecule has 1 heterocycles. The highest BCUT2D eigenvalue weighted by molar-refractivity contribution is 6.00. The first-order valence-electron chi connectivity index (χ1n) is 10.1. The molecule has 1 aromatic carbocycles. The Balaban J connectivity index is 1.79. The number of halogens is 1. The van der Waals surface area contributed by atoms with Crippen LogP contribution in [0.2, 0.25) is 0 Å². The maximum atomic E-state index is 13.5. The second-order valence-electron chi connectivity index (χ2n) is 7.55. The van der Waals surface area contributed by atoms with Crippen molar-refractivity contribution in [2.75, 3.05) is 6.54 Å². The van der Waals surface area contributed by atoms with Gasteiger partial charge >= 0.3 is 0 Å². The van der Waals surface area contributed by atoms with Crippen LogP contribution >= 0.6 is 0 Å². The van der Waals surface area contributed by atoms with Gasteiger partial charge in [0, 0.05) is 18.7 Å².